The molecule has 0 atom stereocenters. The Bertz CT molecular complexity index is 988. The van der Waals surface area contributed by atoms with Gasteiger partial charge in [0, 0.05) is 12.6 Å². The number of nitrogens with zero attached hydrogens (tertiary/aromatic N) is 3. The van der Waals surface area contributed by atoms with Crippen LogP contribution in [-0.2, 0) is 11.8 Å². The molecule has 0 spiro atoms. The predicted molar refractivity (Wildman–Crippen MR) is 100 cm³/mol. The second kappa shape index (κ2) is 7.45. The number of hydrogen-bond donors (Lipinski definition) is 2. The van der Waals surface area contributed by atoms with Crippen LogP contribution in [0.2, 0.25) is 0 Å². The van der Waals surface area contributed by atoms with Gasteiger partial charge in [-0.05, 0) is 20.8 Å². The molecule has 1 aromatic carbocycles. The second-order valence-electron chi connectivity index (χ2n) is 6.23. The summed E-state index contributed by atoms with van der Waals surface area (Å²) in [7, 11) is 1.81. The van der Waals surface area contributed by atoms with Crippen LogP contribution in [0, 0.1) is 20.8 Å². The molecule has 0 unspecified atom stereocenters. The molecule has 2 heterocycles. The first-order valence-electron chi connectivity index (χ1n) is 8.48. The monoisotopic (exact) mass is 367 g/mol. The first-order valence-corrected chi connectivity index (χ1v) is 8.48. The maximum Gasteiger partial charge on any atom is 0.257 e. The Kier molecular flexibility index (Phi) is 5.07. The number of anilines is 1. The number of aromatic nitrogens is 3. The largest absolute Gasteiger partial charge is 0.360 e. The van der Waals surface area contributed by atoms with E-state index < -0.39 is 5.91 Å². The number of benzene rings is 1. The summed E-state index contributed by atoms with van der Waals surface area (Å²) in [5, 5.41) is 13.6. The molecule has 0 bridgehead atoms. The molecule has 2 N–H and O–H groups in total. The Morgan fingerprint density at radius 3 is 2.48 bits per heavy atom. The fraction of sp³-hybridized carbons (Fsp3) is 0.263. The molecule has 3 aromatic rings. The van der Waals surface area contributed by atoms with Crippen LogP contribution in [0.5, 0.6) is 0 Å². The van der Waals surface area contributed by atoms with E-state index in [2.05, 4.69) is 20.9 Å². The highest BCUT2D eigenvalue weighted by Gasteiger charge is 2.22. The van der Waals surface area contributed by atoms with Crippen LogP contribution in [0.25, 0.3) is 11.3 Å². The molecule has 0 saturated carbocycles. The molecule has 0 aliphatic rings. The van der Waals surface area contributed by atoms with Gasteiger partial charge in [0.2, 0.25) is 5.91 Å². The highest BCUT2D eigenvalue weighted by Crippen LogP contribution is 2.24. The van der Waals surface area contributed by atoms with Gasteiger partial charge < -0.3 is 15.2 Å². The van der Waals surface area contributed by atoms with Crippen molar-refractivity contribution in [1.29, 1.82) is 0 Å². The zero-order valence-electron chi connectivity index (χ0n) is 15.7. The van der Waals surface area contributed by atoms with E-state index in [0.29, 0.717) is 22.7 Å². The van der Waals surface area contributed by atoms with Gasteiger partial charge in [-0.2, -0.15) is 5.10 Å². The molecule has 0 radical (unpaired) electrons. The van der Waals surface area contributed by atoms with Gasteiger partial charge in [0.25, 0.3) is 5.91 Å². The SMILES string of the molecule is Cc1nn(C)c(C)c1NC(=O)CNC(=O)c1c(-c2ccccc2)noc1C. The lowest BCUT2D eigenvalue weighted by Gasteiger charge is -2.08. The Labute approximate surface area is 156 Å². The van der Waals surface area contributed by atoms with E-state index >= 15 is 0 Å². The van der Waals surface area contributed by atoms with Crippen molar-refractivity contribution in [2.75, 3.05) is 11.9 Å². The predicted octanol–water partition coefficient (Wildman–Crippen LogP) is 2.37. The molecule has 8 nitrogen and oxygen atoms in total. The third kappa shape index (κ3) is 3.74. The zero-order valence-corrected chi connectivity index (χ0v) is 15.7. The van der Waals surface area contributed by atoms with Crippen molar-refractivity contribution in [3.63, 3.8) is 0 Å². The first-order chi connectivity index (χ1) is 12.9. The minimum atomic E-state index is -0.414. The van der Waals surface area contributed by atoms with E-state index in [4.69, 9.17) is 4.52 Å². The summed E-state index contributed by atoms with van der Waals surface area (Å²) in [5.41, 5.74) is 3.76. The molecule has 2 aromatic heterocycles. The van der Waals surface area contributed by atoms with Crippen molar-refractivity contribution in [3.8, 4) is 11.3 Å². The van der Waals surface area contributed by atoms with Crippen LogP contribution >= 0.6 is 0 Å². The smallest absolute Gasteiger partial charge is 0.257 e. The van der Waals surface area contributed by atoms with Gasteiger partial charge in [0.1, 0.15) is 17.0 Å². The van der Waals surface area contributed by atoms with E-state index in [-0.39, 0.29) is 12.5 Å². The van der Waals surface area contributed by atoms with Gasteiger partial charge in [0.05, 0.1) is 23.6 Å². The fourth-order valence-corrected chi connectivity index (χ4v) is 2.82. The van der Waals surface area contributed by atoms with Gasteiger partial charge in [-0.15, -0.1) is 0 Å². The number of rotatable bonds is 5. The van der Waals surface area contributed by atoms with Crippen molar-refractivity contribution in [3.05, 3.63) is 53.0 Å². The Balaban J connectivity index is 1.70. The van der Waals surface area contributed by atoms with Gasteiger partial charge in [-0.25, -0.2) is 0 Å². The van der Waals surface area contributed by atoms with Crippen LogP contribution in [0.1, 0.15) is 27.5 Å². The number of nitrogens with one attached hydrogen (secondary N) is 2. The molecule has 27 heavy (non-hydrogen) atoms. The lowest BCUT2D eigenvalue weighted by molar-refractivity contribution is -0.115. The third-order valence-electron chi connectivity index (χ3n) is 4.32. The van der Waals surface area contributed by atoms with Crippen molar-refractivity contribution in [2.45, 2.75) is 20.8 Å². The molecule has 140 valence electrons. The number of aryl methyl sites for hydroxylation is 3. The summed E-state index contributed by atoms with van der Waals surface area (Å²) in [6.45, 7) is 5.16. The Hall–Kier alpha value is -3.42. The Morgan fingerprint density at radius 2 is 1.85 bits per heavy atom. The molecule has 8 heteroatoms. The van der Waals surface area contributed by atoms with Gasteiger partial charge >= 0.3 is 0 Å². The van der Waals surface area contributed by atoms with Crippen LogP contribution in [0.4, 0.5) is 5.69 Å². The average molecular weight is 367 g/mol. The van der Waals surface area contributed by atoms with E-state index in [9.17, 15) is 9.59 Å². The molecule has 2 amide bonds. The molecule has 0 fully saturated rings. The van der Waals surface area contributed by atoms with Gasteiger partial charge in [-0.3, -0.25) is 14.3 Å². The van der Waals surface area contributed by atoms with Crippen molar-refractivity contribution in [1.82, 2.24) is 20.3 Å². The normalized spacial score (nSPS) is 10.7. The Morgan fingerprint density at radius 1 is 1.15 bits per heavy atom. The number of amides is 2. The number of carbonyl (C=O) groups is 2. The molecule has 3 rings (SSSR count). The summed E-state index contributed by atoms with van der Waals surface area (Å²) in [4.78, 5) is 24.8. The fourth-order valence-electron chi connectivity index (χ4n) is 2.82. The molecule has 0 aliphatic carbocycles. The van der Waals surface area contributed by atoms with Crippen LogP contribution < -0.4 is 10.6 Å². The maximum absolute atomic E-state index is 12.6. The van der Waals surface area contributed by atoms with Crippen LogP contribution in [0.15, 0.2) is 34.9 Å². The highest BCUT2D eigenvalue weighted by molar-refractivity contribution is 6.03. The van der Waals surface area contributed by atoms with E-state index in [1.807, 2.05) is 44.2 Å². The number of carbonyl (C=O) groups excluding carboxylic acids is 2. The molecular formula is C19H21N5O3. The lowest BCUT2D eigenvalue weighted by Crippen LogP contribution is -2.33. The van der Waals surface area contributed by atoms with Crippen molar-refractivity contribution < 1.29 is 14.1 Å². The molecule has 0 saturated heterocycles. The maximum atomic E-state index is 12.6. The van der Waals surface area contributed by atoms with Gasteiger partial charge in [0.15, 0.2) is 0 Å². The first kappa shape index (κ1) is 18.4. The lowest BCUT2D eigenvalue weighted by atomic mass is 10.1. The van der Waals surface area contributed by atoms with Crippen molar-refractivity contribution in [2.24, 2.45) is 7.05 Å². The zero-order chi connectivity index (χ0) is 19.6. The standard InChI is InChI=1S/C19H21N5O3/c1-11-17(12(2)24(4)22-11)21-15(25)10-20-19(26)16-13(3)27-23-18(16)14-8-6-5-7-9-14/h5-9H,10H2,1-4H3,(H,20,26)(H,21,25). The summed E-state index contributed by atoms with van der Waals surface area (Å²) >= 11 is 0. The topological polar surface area (TPSA) is 102 Å². The quantitative estimate of drug-likeness (QED) is 0.721. The highest BCUT2D eigenvalue weighted by atomic mass is 16.5. The summed E-state index contributed by atoms with van der Waals surface area (Å²) in [5.74, 6) is -0.356. The van der Waals surface area contributed by atoms with Gasteiger partial charge in [-0.1, -0.05) is 35.5 Å². The summed E-state index contributed by atoms with van der Waals surface area (Å²) < 4.78 is 6.88. The molecule has 0 aliphatic heterocycles. The van der Waals surface area contributed by atoms with Crippen LogP contribution in [0.3, 0.4) is 0 Å². The molecular weight excluding hydrogens is 346 g/mol. The summed E-state index contributed by atoms with van der Waals surface area (Å²) in [6.07, 6.45) is 0. The number of hydrogen-bond acceptors (Lipinski definition) is 5. The van der Waals surface area contributed by atoms with E-state index in [1.54, 1.807) is 18.7 Å². The third-order valence-corrected chi connectivity index (χ3v) is 4.32. The summed E-state index contributed by atoms with van der Waals surface area (Å²) in [6, 6.07) is 9.27. The van der Waals surface area contributed by atoms with Crippen LogP contribution in [-0.4, -0.2) is 33.3 Å². The second-order valence-corrected chi connectivity index (χ2v) is 6.23. The average Bonchev–Trinajstić information content (AvgIpc) is 3.15. The van der Waals surface area contributed by atoms with E-state index in [1.165, 1.54) is 0 Å². The van der Waals surface area contributed by atoms with Crippen molar-refractivity contribution >= 4 is 17.5 Å². The minimum absolute atomic E-state index is 0.175. The minimum Gasteiger partial charge on any atom is -0.360 e. The van der Waals surface area contributed by atoms with E-state index in [0.717, 1.165) is 17.0 Å².